The van der Waals surface area contributed by atoms with Crippen molar-refractivity contribution >= 4 is 5.78 Å². The molecule has 3 aliphatic carbocycles. The van der Waals surface area contributed by atoms with Gasteiger partial charge in [-0.1, -0.05) is 44.5 Å². The fraction of sp³-hybridized carbons (Fsp3) is 0.650. The molecule has 1 atom stereocenters. The molecule has 3 aliphatic rings. The Morgan fingerprint density at radius 1 is 1.10 bits per heavy atom. The molecule has 1 aromatic carbocycles. The fourth-order valence-electron chi connectivity index (χ4n) is 4.44. The van der Waals surface area contributed by atoms with Gasteiger partial charge >= 0.3 is 0 Å². The second-order valence-electron chi connectivity index (χ2n) is 7.56. The van der Waals surface area contributed by atoms with E-state index in [0.29, 0.717) is 17.1 Å². The maximum atomic E-state index is 12.9. The molecule has 0 saturated heterocycles. The van der Waals surface area contributed by atoms with Gasteiger partial charge in [0.2, 0.25) is 0 Å². The predicted octanol–water partition coefficient (Wildman–Crippen LogP) is 5.43. The first kappa shape index (κ1) is 14.8. The maximum Gasteiger partial charge on any atom is 0.166 e. The van der Waals surface area contributed by atoms with Crippen molar-refractivity contribution in [1.82, 2.24) is 0 Å². The standard InChI is InChI=1S/C20H28O/c1-3-15-6-8-17(9-7-15)19(21)18-5-4-12-20(2)13-10-16(18)11-14-20/h6-9,16,18H,3-5,10-14H2,1-2H3. The minimum absolute atomic E-state index is 0.280. The number of carbonyl (C=O) groups excluding carboxylic acids is 1. The van der Waals surface area contributed by atoms with E-state index >= 15 is 0 Å². The minimum atomic E-state index is 0.280. The van der Waals surface area contributed by atoms with Gasteiger partial charge in [0.05, 0.1) is 0 Å². The van der Waals surface area contributed by atoms with Crippen LogP contribution in [0.15, 0.2) is 24.3 Å². The lowest BCUT2D eigenvalue weighted by atomic mass is 9.62. The highest BCUT2D eigenvalue weighted by Crippen LogP contribution is 2.48. The molecule has 0 aromatic heterocycles. The summed E-state index contributed by atoms with van der Waals surface area (Å²) in [5.74, 6) is 1.33. The van der Waals surface area contributed by atoms with E-state index in [4.69, 9.17) is 0 Å². The van der Waals surface area contributed by atoms with E-state index in [9.17, 15) is 4.79 Å². The maximum absolute atomic E-state index is 12.9. The summed E-state index contributed by atoms with van der Waals surface area (Å²) >= 11 is 0. The van der Waals surface area contributed by atoms with Crippen LogP contribution < -0.4 is 0 Å². The van der Waals surface area contributed by atoms with Crippen LogP contribution in [0.2, 0.25) is 0 Å². The number of carbonyl (C=O) groups is 1. The first-order chi connectivity index (χ1) is 10.1. The molecule has 21 heavy (non-hydrogen) atoms. The lowest BCUT2D eigenvalue weighted by molar-refractivity contribution is 0.0633. The smallest absolute Gasteiger partial charge is 0.166 e. The van der Waals surface area contributed by atoms with Crippen molar-refractivity contribution in [1.29, 1.82) is 0 Å². The quantitative estimate of drug-likeness (QED) is 0.676. The molecule has 1 nitrogen and oxygen atoms in total. The summed E-state index contributed by atoms with van der Waals surface area (Å²) in [5, 5.41) is 0. The number of rotatable bonds is 3. The van der Waals surface area contributed by atoms with Gasteiger partial charge in [0.25, 0.3) is 0 Å². The van der Waals surface area contributed by atoms with E-state index in [-0.39, 0.29) is 5.92 Å². The Hall–Kier alpha value is -1.11. The Kier molecular flexibility index (Phi) is 4.19. The van der Waals surface area contributed by atoms with Crippen molar-refractivity contribution in [2.75, 3.05) is 0 Å². The molecule has 1 aromatic rings. The number of fused-ring (bicyclic) bond motifs is 5. The lowest BCUT2D eigenvalue weighted by Gasteiger charge is -2.43. The highest BCUT2D eigenvalue weighted by Gasteiger charge is 2.39. The SMILES string of the molecule is CCc1ccc(C(=O)C2CCCC3(C)CCC2CC3)cc1. The first-order valence-corrected chi connectivity index (χ1v) is 8.74. The number of benzene rings is 1. The third-order valence-electron chi connectivity index (χ3n) is 6.09. The molecule has 0 radical (unpaired) electrons. The molecule has 1 heteroatoms. The highest BCUT2D eigenvalue weighted by molar-refractivity contribution is 5.98. The zero-order chi connectivity index (χ0) is 14.9. The largest absolute Gasteiger partial charge is 0.294 e. The molecule has 0 N–H and O–H groups in total. The fourth-order valence-corrected chi connectivity index (χ4v) is 4.44. The van der Waals surface area contributed by atoms with Crippen LogP contribution >= 0.6 is 0 Å². The Balaban J connectivity index is 1.76. The van der Waals surface area contributed by atoms with Crippen molar-refractivity contribution in [2.45, 2.75) is 65.2 Å². The first-order valence-electron chi connectivity index (χ1n) is 8.74. The van der Waals surface area contributed by atoms with Gasteiger partial charge in [-0.05, 0) is 61.8 Å². The van der Waals surface area contributed by atoms with Crippen molar-refractivity contribution in [2.24, 2.45) is 17.3 Å². The van der Waals surface area contributed by atoms with Gasteiger partial charge in [-0.3, -0.25) is 4.79 Å². The van der Waals surface area contributed by atoms with Crippen LogP contribution in [0.25, 0.3) is 0 Å². The topological polar surface area (TPSA) is 17.1 Å². The van der Waals surface area contributed by atoms with Crippen molar-refractivity contribution in [3.05, 3.63) is 35.4 Å². The van der Waals surface area contributed by atoms with Crippen LogP contribution in [0, 0.1) is 17.3 Å². The van der Waals surface area contributed by atoms with Crippen molar-refractivity contribution in [3.63, 3.8) is 0 Å². The van der Waals surface area contributed by atoms with Gasteiger partial charge in [-0.15, -0.1) is 0 Å². The summed E-state index contributed by atoms with van der Waals surface area (Å²) in [6.07, 6.45) is 9.88. The van der Waals surface area contributed by atoms with E-state index in [1.165, 1.54) is 44.1 Å². The number of hydrogen-bond donors (Lipinski definition) is 0. The van der Waals surface area contributed by atoms with Crippen LogP contribution in [-0.2, 0) is 6.42 Å². The van der Waals surface area contributed by atoms with Crippen LogP contribution in [0.5, 0.6) is 0 Å². The summed E-state index contributed by atoms with van der Waals surface area (Å²) in [5.41, 5.74) is 2.83. The van der Waals surface area contributed by atoms with E-state index in [1.807, 2.05) is 12.1 Å². The van der Waals surface area contributed by atoms with E-state index in [0.717, 1.165) is 18.4 Å². The van der Waals surface area contributed by atoms with Gasteiger partial charge in [0.15, 0.2) is 5.78 Å². The van der Waals surface area contributed by atoms with Crippen molar-refractivity contribution < 1.29 is 4.79 Å². The van der Waals surface area contributed by atoms with Gasteiger partial charge in [0.1, 0.15) is 0 Å². The minimum Gasteiger partial charge on any atom is -0.294 e. The Morgan fingerprint density at radius 2 is 1.76 bits per heavy atom. The lowest BCUT2D eigenvalue weighted by Crippen LogP contribution is -2.34. The predicted molar refractivity (Wildman–Crippen MR) is 87.6 cm³/mol. The second kappa shape index (κ2) is 5.94. The van der Waals surface area contributed by atoms with Crippen LogP contribution in [0.1, 0.15) is 74.7 Å². The van der Waals surface area contributed by atoms with Gasteiger partial charge < -0.3 is 0 Å². The summed E-state index contributed by atoms with van der Waals surface area (Å²) in [6.45, 7) is 4.61. The summed E-state index contributed by atoms with van der Waals surface area (Å²) in [7, 11) is 0. The van der Waals surface area contributed by atoms with Crippen LogP contribution in [-0.4, -0.2) is 5.78 Å². The average molecular weight is 284 g/mol. The summed E-state index contributed by atoms with van der Waals surface area (Å²) in [6, 6.07) is 8.34. The molecular weight excluding hydrogens is 256 g/mol. The molecule has 1 unspecified atom stereocenters. The molecule has 0 spiro atoms. The zero-order valence-electron chi connectivity index (χ0n) is 13.5. The molecular formula is C20H28O. The molecule has 114 valence electrons. The third-order valence-corrected chi connectivity index (χ3v) is 6.09. The monoisotopic (exact) mass is 284 g/mol. The number of ketones is 1. The van der Waals surface area contributed by atoms with E-state index in [1.54, 1.807) is 0 Å². The summed E-state index contributed by atoms with van der Waals surface area (Å²) in [4.78, 5) is 12.9. The highest BCUT2D eigenvalue weighted by atomic mass is 16.1. The number of hydrogen-bond acceptors (Lipinski definition) is 1. The number of Topliss-reactive ketones (excluding diaryl/α,β-unsaturated/α-hetero) is 1. The van der Waals surface area contributed by atoms with Crippen LogP contribution in [0.3, 0.4) is 0 Å². The van der Waals surface area contributed by atoms with E-state index in [2.05, 4.69) is 26.0 Å². The summed E-state index contributed by atoms with van der Waals surface area (Å²) < 4.78 is 0. The second-order valence-corrected chi connectivity index (χ2v) is 7.56. The van der Waals surface area contributed by atoms with E-state index < -0.39 is 0 Å². The normalized spacial score (nSPS) is 32.5. The number of aryl methyl sites for hydroxylation is 1. The van der Waals surface area contributed by atoms with Crippen molar-refractivity contribution in [3.8, 4) is 0 Å². The molecule has 2 bridgehead atoms. The molecule has 0 heterocycles. The molecule has 3 fully saturated rings. The average Bonchev–Trinajstić information content (AvgIpc) is 2.50. The molecule has 3 saturated carbocycles. The molecule has 4 rings (SSSR count). The Morgan fingerprint density at radius 3 is 2.38 bits per heavy atom. The molecule has 0 aliphatic heterocycles. The Bertz CT molecular complexity index is 486. The van der Waals surface area contributed by atoms with Gasteiger partial charge in [0, 0.05) is 11.5 Å². The molecule has 0 amide bonds. The zero-order valence-corrected chi connectivity index (χ0v) is 13.5. The third kappa shape index (κ3) is 3.07. The van der Waals surface area contributed by atoms with Gasteiger partial charge in [-0.2, -0.15) is 0 Å². The Labute approximate surface area is 129 Å². The van der Waals surface area contributed by atoms with Crippen LogP contribution in [0.4, 0.5) is 0 Å². The van der Waals surface area contributed by atoms with Gasteiger partial charge in [-0.25, -0.2) is 0 Å².